The fraction of sp³-hybridized carbons (Fsp3) is 0.438. The summed E-state index contributed by atoms with van der Waals surface area (Å²) in [6.45, 7) is 2.05. The number of hydrogen-bond donors (Lipinski definition) is 2. The number of nitrogens with zero attached hydrogens (tertiary/aromatic N) is 1. The highest BCUT2D eigenvalue weighted by Crippen LogP contribution is 2.32. The van der Waals surface area contributed by atoms with Gasteiger partial charge in [-0.25, -0.2) is 9.59 Å². The number of carbonyl (C=O) groups is 3. The van der Waals surface area contributed by atoms with E-state index >= 15 is 0 Å². The molecule has 1 fully saturated rings. The molecule has 0 bridgehead atoms. The number of aromatic carboxylic acids is 1. The molecule has 6 nitrogen and oxygen atoms in total. The van der Waals surface area contributed by atoms with Crippen molar-refractivity contribution in [2.45, 2.75) is 38.6 Å². The van der Waals surface area contributed by atoms with Crippen molar-refractivity contribution in [3.05, 3.63) is 29.8 Å². The smallest absolute Gasteiger partial charge is 0.394 e. The maximum absolute atomic E-state index is 12.2. The number of hydrogen-bond acceptors (Lipinski definition) is 3. The second-order valence-electron chi connectivity index (χ2n) is 5.73. The van der Waals surface area contributed by atoms with Gasteiger partial charge in [0.05, 0.1) is 11.3 Å². The Hall–Kier alpha value is -2.37. The molecule has 0 heterocycles. The van der Waals surface area contributed by atoms with Crippen LogP contribution in [-0.4, -0.2) is 34.1 Å². The highest BCUT2D eigenvalue weighted by atomic mass is 16.4. The Balaban J connectivity index is 2.47. The third kappa shape index (κ3) is 3.27. The van der Waals surface area contributed by atoms with Crippen LogP contribution in [0.1, 0.15) is 43.0 Å². The number of carbonyl (C=O) groups excluding carboxylic acids is 1. The normalized spacial score (nSPS) is 21.1. The lowest BCUT2D eigenvalue weighted by molar-refractivity contribution is -0.149. The molecular weight excluding hydrogens is 286 g/mol. The Labute approximate surface area is 128 Å². The minimum Gasteiger partial charge on any atom is -0.478 e. The summed E-state index contributed by atoms with van der Waals surface area (Å²) in [7, 11) is 0. The molecule has 118 valence electrons. The average molecular weight is 305 g/mol. The number of anilines is 1. The number of amides is 1. The number of para-hydroxylation sites is 1. The van der Waals surface area contributed by atoms with Crippen LogP contribution >= 0.6 is 0 Å². The Morgan fingerprint density at radius 2 is 1.82 bits per heavy atom. The summed E-state index contributed by atoms with van der Waals surface area (Å²) in [6.07, 6.45) is 3.28. The fourth-order valence-corrected chi connectivity index (χ4v) is 3.08. The number of benzene rings is 1. The summed E-state index contributed by atoms with van der Waals surface area (Å²) in [5.41, 5.74) is 0.0943. The van der Waals surface area contributed by atoms with Gasteiger partial charge in [0.25, 0.3) is 0 Å². The fourth-order valence-electron chi connectivity index (χ4n) is 3.08. The van der Waals surface area contributed by atoms with Gasteiger partial charge in [-0.05, 0) is 30.9 Å². The van der Waals surface area contributed by atoms with Crippen molar-refractivity contribution in [1.29, 1.82) is 0 Å². The predicted molar refractivity (Wildman–Crippen MR) is 79.9 cm³/mol. The second-order valence-corrected chi connectivity index (χ2v) is 5.73. The zero-order valence-corrected chi connectivity index (χ0v) is 12.4. The molecule has 1 amide bonds. The summed E-state index contributed by atoms with van der Waals surface area (Å²) in [5.74, 6) is -3.45. The Morgan fingerprint density at radius 1 is 1.14 bits per heavy atom. The lowest BCUT2D eigenvalue weighted by atomic mass is 9.85. The van der Waals surface area contributed by atoms with Gasteiger partial charge in [0.2, 0.25) is 0 Å². The van der Waals surface area contributed by atoms with Gasteiger partial charge >= 0.3 is 17.8 Å². The number of aliphatic carboxylic acids is 1. The van der Waals surface area contributed by atoms with E-state index < -0.39 is 17.8 Å². The van der Waals surface area contributed by atoms with Crippen LogP contribution in [0.5, 0.6) is 0 Å². The third-order valence-corrected chi connectivity index (χ3v) is 4.07. The standard InChI is InChI=1S/C16H19NO5/c1-10-5-4-6-11(9-10)17(14(18)16(21)22)13-8-3-2-7-12(13)15(19)20/h2-3,7-8,10-11H,4-6,9H2,1H3,(H,19,20)(H,21,22). The number of rotatable bonds is 3. The minimum absolute atomic E-state index is 0.0599. The molecule has 0 saturated heterocycles. The van der Waals surface area contributed by atoms with Crippen LogP contribution in [0.4, 0.5) is 5.69 Å². The van der Waals surface area contributed by atoms with E-state index in [1.54, 1.807) is 12.1 Å². The van der Waals surface area contributed by atoms with Crippen LogP contribution in [0, 0.1) is 5.92 Å². The number of carboxylic acid groups (broad SMARTS) is 2. The van der Waals surface area contributed by atoms with E-state index in [0.717, 1.165) is 17.7 Å². The molecule has 6 heteroatoms. The molecule has 0 radical (unpaired) electrons. The van der Waals surface area contributed by atoms with Gasteiger partial charge in [0, 0.05) is 6.04 Å². The second kappa shape index (κ2) is 6.60. The monoisotopic (exact) mass is 305 g/mol. The van der Waals surface area contributed by atoms with Crippen LogP contribution in [0.2, 0.25) is 0 Å². The van der Waals surface area contributed by atoms with Gasteiger partial charge in [-0.1, -0.05) is 31.9 Å². The van der Waals surface area contributed by atoms with Gasteiger partial charge in [-0.15, -0.1) is 0 Å². The van der Waals surface area contributed by atoms with Crippen molar-refractivity contribution >= 4 is 23.5 Å². The lowest BCUT2D eigenvalue weighted by Crippen LogP contribution is -2.46. The van der Waals surface area contributed by atoms with Crippen molar-refractivity contribution < 1.29 is 24.6 Å². The van der Waals surface area contributed by atoms with Crippen molar-refractivity contribution in [1.82, 2.24) is 0 Å². The summed E-state index contributed by atoms with van der Waals surface area (Å²) >= 11 is 0. The van der Waals surface area contributed by atoms with Gasteiger partial charge in [-0.2, -0.15) is 0 Å². The Bertz CT molecular complexity index is 598. The van der Waals surface area contributed by atoms with Gasteiger partial charge < -0.3 is 10.2 Å². The molecule has 2 rings (SSSR count). The van der Waals surface area contributed by atoms with Crippen LogP contribution in [-0.2, 0) is 9.59 Å². The largest absolute Gasteiger partial charge is 0.478 e. The quantitative estimate of drug-likeness (QED) is 0.836. The van der Waals surface area contributed by atoms with Crippen molar-refractivity contribution in [3.63, 3.8) is 0 Å². The van der Waals surface area contributed by atoms with Gasteiger partial charge in [0.1, 0.15) is 0 Å². The topological polar surface area (TPSA) is 94.9 Å². The molecule has 1 aliphatic carbocycles. The first-order valence-corrected chi connectivity index (χ1v) is 7.30. The summed E-state index contributed by atoms with van der Waals surface area (Å²) < 4.78 is 0. The molecule has 2 N–H and O–H groups in total. The SMILES string of the molecule is CC1CCCC(N(C(=O)C(=O)O)c2ccccc2C(=O)O)C1. The maximum atomic E-state index is 12.2. The van der Waals surface area contributed by atoms with Crippen LogP contribution in [0.25, 0.3) is 0 Å². The van der Waals surface area contributed by atoms with Crippen molar-refractivity contribution in [2.24, 2.45) is 5.92 Å². The Morgan fingerprint density at radius 3 is 2.41 bits per heavy atom. The number of carboxylic acids is 2. The van der Waals surface area contributed by atoms with E-state index in [1.165, 1.54) is 12.1 Å². The Kier molecular flexibility index (Phi) is 4.80. The molecule has 0 aliphatic heterocycles. The molecule has 1 aliphatic rings. The highest BCUT2D eigenvalue weighted by Gasteiger charge is 2.34. The molecule has 1 aromatic rings. The summed E-state index contributed by atoms with van der Waals surface area (Å²) in [5, 5.41) is 18.4. The van der Waals surface area contributed by atoms with E-state index in [-0.39, 0.29) is 17.3 Å². The first kappa shape index (κ1) is 16.0. The first-order valence-electron chi connectivity index (χ1n) is 7.30. The molecule has 2 atom stereocenters. The molecule has 1 saturated carbocycles. The maximum Gasteiger partial charge on any atom is 0.394 e. The van der Waals surface area contributed by atoms with E-state index in [2.05, 4.69) is 6.92 Å². The lowest BCUT2D eigenvalue weighted by Gasteiger charge is -2.36. The van der Waals surface area contributed by atoms with E-state index in [4.69, 9.17) is 5.11 Å². The average Bonchev–Trinajstić information content (AvgIpc) is 2.47. The third-order valence-electron chi connectivity index (χ3n) is 4.07. The van der Waals surface area contributed by atoms with E-state index in [0.29, 0.717) is 18.8 Å². The summed E-state index contributed by atoms with van der Waals surface area (Å²) in [4.78, 5) is 35.9. The van der Waals surface area contributed by atoms with Gasteiger partial charge in [0.15, 0.2) is 0 Å². The zero-order chi connectivity index (χ0) is 16.3. The van der Waals surface area contributed by atoms with Crippen LogP contribution in [0.15, 0.2) is 24.3 Å². The molecule has 0 spiro atoms. The van der Waals surface area contributed by atoms with Crippen LogP contribution in [0.3, 0.4) is 0 Å². The zero-order valence-electron chi connectivity index (χ0n) is 12.4. The summed E-state index contributed by atoms with van der Waals surface area (Å²) in [6, 6.07) is 5.75. The minimum atomic E-state index is -1.57. The van der Waals surface area contributed by atoms with Crippen molar-refractivity contribution in [3.8, 4) is 0 Å². The van der Waals surface area contributed by atoms with Gasteiger partial charge in [-0.3, -0.25) is 9.69 Å². The molecular formula is C16H19NO5. The highest BCUT2D eigenvalue weighted by molar-refractivity contribution is 6.37. The molecule has 2 unspecified atom stereocenters. The van der Waals surface area contributed by atoms with E-state index in [1.807, 2.05) is 0 Å². The molecule has 1 aromatic carbocycles. The predicted octanol–water partition coefficient (Wildman–Crippen LogP) is 2.38. The van der Waals surface area contributed by atoms with Crippen LogP contribution < -0.4 is 4.90 Å². The van der Waals surface area contributed by atoms with E-state index in [9.17, 15) is 19.5 Å². The first-order chi connectivity index (χ1) is 10.4. The van der Waals surface area contributed by atoms with Crippen molar-refractivity contribution in [2.75, 3.05) is 4.90 Å². The molecule has 0 aromatic heterocycles. The molecule has 22 heavy (non-hydrogen) atoms.